The normalized spacial score (nSPS) is 13.1. The fraction of sp³-hybridized carbons (Fsp3) is 0.0833. The third-order valence-corrected chi connectivity index (χ3v) is 2.55. The molecule has 0 saturated carbocycles. The van der Waals surface area contributed by atoms with E-state index in [0.29, 0.717) is 5.56 Å². The van der Waals surface area contributed by atoms with Gasteiger partial charge in [0, 0.05) is 10.9 Å². The fourth-order valence-corrected chi connectivity index (χ4v) is 1.85. The second-order valence-corrected chi connectivity index (χ2v) is 3.36. The molecule has 0 aliphatic carbocycles. The Hall–Kier alpha value is -2.03. The number of hydrogen-bond acceptors (Lipinski definition) is 3. The first-order valence-corrected chi connectivity index (χ1v) is 4.66. The lowest BCUT2D eigenvalue weighted by molar-refractivity contribution is 0.112. The van der Waals surface area contributed by atoms with Gasteiger partial charge >= 0.3 is 0 Å². The number of benzene rings is 2. The summed E-state index contributed by atoms with van der Waals surface area (Å²) in [7, 11) is 0. The lowest BCUT2D eigenvalue weighted by atomic mass is 10.0. The molecule has 0 unspecified atom stereocenters. The fourth-order valence-electron chi connectivity index (χ4n) is 1.85. The van der Waals surface area contributed by atoms with E-state index in [2.05, 4.69) is 0 Å². The minimum Gasteiger partial charge on any atom is -0.454 e. The van der Waals surface area contributed by atoms with Crippen molar-refractivity contribution in [1.82, 2.24) is 0 Å². The Bertz CT molecular complexity index is 546. The van der Waals surface area contributed by atoms with Gasteiger partial charge in [-0.15, -0.1) is 0 Å². The average Bonchev–Trinajstić information content (AvgIpc) is 2.76. The topological polar surface area (TPSA) is 35.5 Å². The summed E-state index contributed by atoms with van der Waals surface area (Å²) < 4.78 is 10.6. The van der Waals surface area contributed by atoms with E-state index in [1.165, 1.54) is 0 Å². The van der Waals surface area contributed by atoms with Crippen LogP contribution < -0.4 is 9.47 Å². The molecule has 74 valence electrons. The maximum atomic E-state index is 10.8. The summed E-state index contributed by atoms with van der Waals surface area (Å²) in [5.74, 6) is 1.47. The highest BCUT2D eigenvalue weighted by Gasteiger charge is 2.17. The first-order chi connectivity index (χ1) is 7.40. The zero-order valence-electron chi connectivity index (χ0n) is 7.90. The van der Waals surface area contributed by atoms with Crippen LogP contribution in [-0.4, -0.2) is 13.1 Å². The molecule has 3 heteroatoms. The molecule has 3 nitrogen and oxygen atoms in total. The highest BCUT2D eigenvalue weighted by atomic mass is 16.7. The van der Waals surface area contributed by atoms with Crippen LogP contribution in [0.3, 0.4) is 0 Å². The van der Waals surface area contributed by atoms with Gasteiger partial charge in [-0.2, -0.15) is 0 Å². The number of rotatable bonds is 1. The smallest absolute Gasteiger partial charge is 0.231 e. The summed E-state index contributed by atoms with van der Waals surface area (Å²) in [4.78, 5) is 10.8. The first-order valence-electron chi connectivity index (χ1n) is 4.66. The van der Waals surface area contributed by atoms with E-state index in [0.717, 1.165) is 28.6 Å². The van der Waals surface area contributed by atoms with Crippen molar-refractivity contribution in [3.63, 3.8) is 0 Å². The Morgan fingerprint density at radius 1 is 1.07 bits per heavy atom. The molecule has 1 aliphatic heterocycles. The lowest BCUT2D eigenvalue weighted by Gasteiger charge is -2.03. The minimum atomic E-state index is 0.250. The van der Waals surface area contributed by atoms with Gasteiger partial charge in [-0.25, -0.2) is 0 Å². The molecule has 1 aliphatic rings. The largest absolute Gasteiger partial charge is 0.454 e. The molecule has 0 bridgehead atoms. The van der Waals surface area contributed by atoms with Gasteiger partial charge < -0.3 is 9.47 Å². The Morgan fingerprint density at radius 3 is 2.87 bits per heavy atom. The predicted molar refractivity (Wildman–Crippen MR) is 55.5 cm³/mol. The number of carbonyl (C=O) groups excluding carboxylic acids is 1. The lowest BCUT2D eigenvalue weighted by Crippen LogP contribution is -1.93. The molecule has 0 spiro atoms. The summed E-state index contributed by atoms with van der Waals surface area (Å²) in [6.07, 6.45) is 0.852. The number of ether oxygens (including phenoxy) is 2. The van der Waals surface area contributed by atoms with Crippen LogP contribution in [0.1, 0.15) is 10.4 Å². The van der Waals surface area contributed by atoms with Crippen molar-refractivity contribution in [3.05, 3.63) is 35.9 Å². The molecule has 0 atom stereocenters. The highest BCUT2D eigenvalue weighted by molar-refractivity contribution is 6.01. The molecule has 0 radical (unpaired) electrons. The summed E-state index contributed by atoms with van der Waals surface area (Å²) in [6, 6.07) is 9.27. The van der Waals surface area contributed by atoms with Crippen molar-refractivity contribution < 1.29 is 14.3 Å². The number of fused-ring (bicyclic) bond motifs is 3. The van der Waals surface area contributed by atoms with Crippen LogP contribution in [0.25, 0.3) is 10.8 Å². The first kappa shape index (κ1) is 8.29. The van der Waals surface area contributed by atoms with Crippen LogP contribution in [0.5, 0.6) is 11.5 Å². The third kappa shape index (κ3) is 1.09. The van der Waals surface area contributed by atoms with Gasteiger partial charge in [0.2, 0.25) is 6.79 Å². The van der Waals surface area contributed by atoms with Gasteiger partial charge in [0.15, 0.2) is 17.8 Å². The van der Waals surface area contributed by atoms with Gasteiger partial charge in [0.25, 0.3) is 0 Å². The van der Waals surface area contributed by atoms with Gasteiger partial charge in [0.1, 0.15) is 0 Å². The molecule has 0 N–H and O–H groups in total. The van der Waals surface area contributed by atoms with Gasteiger partial charge in [-0.05, 0) is 17.5 Å². The summed E-state index contributed by atoms with van der Waals surface area (Å²) in [6.45, 7) is 0.250. The van der Waals surface area contributed by atoms with Crippen LogP contribution in [0.2, 0.25) is 0 Å². The highest BCUT2D eigenvalue weighted by Crippen LogP contribution is 2.39. The second kappa shape index (κ2) is 2.98. The molecule has 0 fully saturated rings. The maximum Gasteiger partial charge on any atom is 0.231 e. The van der Waals surface area contributed by atoms with Crippen molar-refractivity contribution in [2.75, 3.05) is 6.79 Å². The maximum absolute atomic E-state index is 10.8. The molecule has 2 aromatic carbocycles. The molecular weight excluding hydrogens is 192 g/mol. The zero-order chi connectivity index (χ0) is 10.3. The summed E-state index contributed by atoms with van der Waals surface area (Å²) >= 11 is 0. The SMILES string of the molecule is O=Cc1cccc2c3c(ccc12)OCO3. The predicted octanol–water partition coefficient (Wildman–Crippen LogP) is 2.38. The van der Waals surface area contributed by atoms with E-state index >= 15 is 0 Å². The Labute approximate surface area is 86.2 Å². The van der Waals surface area contributed by atoms with Crippen molar-refractivity contribution in [1.29, 1.82) is 0 Å². The Morgan fingerprint density at radius 2 is 2.00 bits per heavy atom. The van der Waals surface area contributed by atoms with Crippen molar-refractivity contribution in [2.24, 2.45) is 0 Å². The Balaban J connectivity index is 2.42. The van der Waals surface area contributed by atoms with Crippen molar-refractivity contribution >= 4 is 17.1 Å². The quantitative estimate of drug-likeness (QED) is 0.663. The van der Waals surface area contributed by atoms with Gasteiger partial charge in [-0.3, -0.25) is 4.79 Å². The van der Waals surface area contributed by atoms with Crippen molar-refractivity contribution in [3.8, 4) is 11.5 Å². The molecule has 0 aromatic heterocycles. The summed E-state index contributed by atoms with van der Waals surface area (Å²) in [5.41, 5.74) is 0.672. The standard InChI is InChI=1S/C12H8O3/c13-6-8-2-1-3-10-9(8)4-5-11-12(10)15-7-14-11/h1-6H,7H2. The van der Waals surface area contributed by atoms with Crippen LogP contribution >= 0.6 is 0 Å². The van der Waals surface area contributed by atoms with Crippen LogP contribution in [0.15, 0.2) is 30.3 Å². The molecule has 1 heterocycles. The zero-order valence-corrected chi connectivity index (χ0v) is 7.90. The van der Waals surface area contributed by atoms with Crippen molar-refractivity contribution in [2.45, 2.75) is 0 Å². The number of carbonyl (C=O) groups is 1. The van der Waals surface area contributed by atoms with E-state index in [1.807, 2.05) is 24.3 Å². The van der Waals surface area contributed by atoms with E-state index in [4.69, 9.17) is 9.47 Å². The minimum absolute atomic E-state index is 0.250. The van der Waals surface area contributed by atoms with Gasteiger partial charge in [0.05, 0.1) is 0 Å². The molecular formula is C12H8O3. The van der Waals surface area contributed by atoms with Crippen LogP contribution in [0.4, 0.5) is 0 Å². The molecule has 2 aromatic rings. The molecule has 0 amide bonds. The molecule has 3 rings (SSSR count). The third-order valence-electron chi connectivity index (χ3n) is 2.55. The average molecular weight is 200 g/mol. The van der Waals surface area contributed by atoms with E-state index in [1.54, 1.807) is 6.07 Å². The van der Waals surface area contributed by atoms with Gasteiger partial charge in [-0.1, -0.05) is 18.2 Å². The van der Waals surface area contributed by atoms with Crippen LogP contribution in [0, 0.1) is 0 Å². The van der Waals surface area contributed by atoms with E-state index in [9.17, 15) is 4.79 Å². The Kier molecular flexibility index (Phi) is 1.65. The monoisotopic (exact) mass is 200 g/mol. The van der Waals surface area contributed by atoms with Crippen LogP contribution in [-0.2, 0) is 0 Å². The molecule has 0 saturated heterocycles. The number of aldehydes is 1. The van der Waals surface area contributed by atoms with E-state index < -0.39 is 0 Å². The van der Waals surface area contributed by atoms with E-state index in [-0.39, 0.29) is 6.79 Å². The number of hydrogen-bond donors (Lipinski definition) is 0. The summed E-state index contributed by atoms with van der Waals surface area (Å²) in [5, 5.41) is 1.83. The second-order valence-electron chi connectivity index (χ2n) is 3.36. The molecule has 15 heavy (non-hydrogen) atoms.